The van der Waals surface area contributed by atoms with Crippen LogP contribution in [0, 0.1) is 0 Å². The van der Waals surface area contributed by atoms with Crippen LogP contribution in [0.5, 0.6) is 0 Å². The van der Waals surface area contributed by atoms with Gasteiger partial charge in [0.05, 0.1) is 42.8 Å². The first-order chi connectivity index (χ1) is 25.9. The molecule has 2 saturated heterocycles. The maximum absolute atomic E-state index is 13.6. The Hall–Kier alpha value is -5.48. The van der Waals surface area contributed by atoms with Crippen molar-refractivity contribution in [2.24, 2.45) is 0 Å². The zero-order chi connectivity index (χ0) is 38.9. The van der Waals surface area contributed by atoms with Gasteiger partial charge < -0.3 is 44.4 Å². The number of rotatable bonds is 14. The smallest absolute Gasteiger partial charge is 0.407 e. The Labute approximate surface area is 314 Å². The Balaban J connectivity index is 1.19. The van der Waals surface area contributed by atoms with E-state index >= 15 is 0 Å². The van der Waals surface area contributed by atoms with Crippen molar-refractivity contribution in [2.75, 3.05) is 41.5 Å². The van der Waals surface area contributed by atoms with Crippen LogP contribution in [0.3, 0.4) is 0 Å². The summed E-state index contributed by atoms with van der Waals surface area (Å²) in [5.41, 5.74) is 3.37. The molecule has 5 rings (SSSR count). The van der Waals surface area contributed by atoms with E-state index in [2.05, 4.69) is 15.3 Å². The van der Waals surface area contributed by atoms with E-state index in [9.17, 15) is 24.3 Å². The van der Waals surface area contributed by atoms with Gasteiger partial charge in [-0.1, -0.05) is 36.4 Å². The number of aromatic amines is 2. The fourth-order valence-corrected chi connectivity index (χ4v) is 6.91. The van der Waals surface area contributed by atoms with Gasteiger partial charge in [0.2, 0.25) is 11.8 Å². The van der Waals surface area contributed by atoms with Gasteiger partial charge in [0, 0.05) is 46.8 Å². The van der Waals surface area contributed by atoms with Gasteiger partial charge in [-0.3, -0.25) is 14.5 Å². The number of ether oxygens (including phenoxy) is 3. The van der Waals surface area contributed by atoms with Crippen molar-refractivity contribution in [2.45, 2.75) is 75.9 Å². The maximum Gasteiger partial charge on any atom is 0.407 e. The lowest BCUT2D eigenvalue weighted by atomic mass is 10.1. The molecule has 0 saturated carbocycles. The SMILES string of the molecule is COC(=O)N[C@H](C(=O)N1CCC[C@H]1c1nc(/C=C/c2ccc(/C=C/c3c[nH]c([C@@H]4CCCN4C(=O)[C@H]([C@@H](C)OC)N(C)C(=O)O)n3)cc2)c[nH]1)C(C)OC. The molecule has 1 aromatic carbocycles. The highest BCUT2D eigenvalue weighted by atomic mass is 16.5. The number of likely N-dealkylation sites (N-methyl/N-ethyl adjacent to an activating group) is 1. The molecule has 54 heavy (non-hydrogen) atoms. The molecule has 0 aliphatic carbocycles. The predicted molar refractivity (Wildman–Crippen MR) is 201 cm³/mol. The average molecular weight is 747 g/mol. The molecule has 6 atom stereocenters. The Morgan fingerprint density at radius 2 is 1.30 bits per heavy atom. The van der Waals surface area contributed by atoms with Gasteiger partial charge in [-0.25, -0.2) is 19.6 Å². The maximum atomic E-state index is 13.6. The quantitative estimate of drug-likeness (QED) is 0.181. The molecule has 290 valence electrons. The number of alkyl carbamates (subject to hydrolysis) is 1. The Kier molecular flexibility index (Phi) is 13.3. The summed E-state index contributed by atoms with van der Waals surface area (Å²) in [5.74, 6) is 0.759. The molecule has 2 aliphatic rings. The summed E-state index contributed by atoms with van der Waals surface area (Å²) in [5, 5.41) is 12.2. The third kappa shape index (κ3) is 9.17. The van der Waals surface area contributed by atoms with E-state index in [1.54, 1.807) is 36.0 Å². The minimum atomic E-state index is -1.20. The number of imidazole rings is 2. The van der Waals surface area contributed by atoms with E-state index in [-0.39, 0.29) is 23.9 Å². The minimum Gasteiger partial charge on any atom is -0.465 e. The molecule has 4 heterocycles. The summed E-state index contributed by atoms with van der Waals surface area (Å²) in [6, 6.07) is 5.56. The van der Waals surface area contributed by atoms with Gasteiger partial charge in [-0.15, -0.1) is 0 Å². The van der Waals surface area contributed by atoms with Crippen molar-refractivity contribution >= 4 is 48.3 Å². The number of carbonyl (C=O) groups excluding carboxylic acids is 3. The summed E-state index contributed by atoms with van der Waals surface area (Å²) in [7, 11) is 5.58. The summed E-state index contributed by atoms with van der Waals surface area (Å²) in [6.45, 7) is 4.45. The van der Waals surface area contributed by atoms with Crippen molar-refractivity contribution in [3.63, 3.8) is 0 Å². The highest BCUT2D eigenvalue weighted by Crippen LogP contribution is 2.33. The van der Waals surface area contributed by atoms with Gasteiger partial charge in [-0.05, 0) is 62.8 Å². The number of hydrogen-bond donors (Lipinski definition) is 4. The van der Waals surface area contributed by atoms with Gasteiger partial charge >= 0.3 is 12.2 Å². The van der Waals surface area contributed by atoms with Gasteiger partial charge in [-0.2, -0.15) is 0 Å². The number of carboxylic acid groups (broad SMARTS) is 1. The van der Waals surface area contributed by atoms with Crippen molar-refractivity contribution in [1.82, 2.24) is 40.0 Å². The van der Waals surface area contributed by atoms with Gasteiger partial charge in [0.1, 0.15) is 23.7 Å². The zero-order valence-corrected chi connectivity index (χ0v) is 31.5. The number of nitrogens with one attached hydrogen (secondary N) is 3. The van der Waals surface area contributed by atoms with Crippen LogP contribution in [0.4, 0.5) is 9.59 Å². The molecule has 3 aromatic rings. The normalized spacial score (nSPS) is 19.6. The second-order valence-electron chi connectivity index (χ2n) is 13.5. The number of hydrogen-bond acceptors (Lipinski definition) is 9. The molecule has 0 bridgehead atoms. The van der Waals surface area contributed by atoms with Crippen LogP contribution in [0.2, 0.25) is 0 Å². The molecule has 16 heteroatoms. The monoisotopic (exact) mass is 746 g/mol. The summed E-state index contributed by atoms with van der Waals surface area (Å²) >= 11 is 0. The van der Waals surface area contributed by atoms with Crippen LogP contribution in [0.25, 0.3) is 24.3 Å². The number of H-pyrrole nitrogens is 2. The highest BCUT2D eigenvalue weighted by Gasteiger charge is 2.41. The van der Waals surface area contributed by atoms with E-state index in [0.29, 0.717) is 36.9 Å². The number of benzene rings is 1. The molecule has 4 N–H and O–H groups in total. The zero-order valence-electron chi connectivity index (χ0n) is 31.5. The Morgan fingerprint density at radius 1 is 0.815 bits per heavy atom. The third-order valence-corrected chi connectivity index (χ3v) is 10.1. The van der Waals surface area contributed by atoms with Crippen molar-refractivity contribution in [3.05, 3.63) is 70.8 Å². The second-order valence-corrected chi connectivity index (χ2v) is 13.5. The molecule has 1 unspecified atom stereocenters. The summed E-state index contributed by atoms with van der Waals surface area (Å²) in [6.07, 6.45) is 11.3. The van der Waals surface area contributed by atoms with Crippen molar-refractivity contribution in [3.8, 4) is 0 Å². The minimum absolute atomic E-state index is 0.256. The molecule has 2 fully saturated rings. The molecular weight excluding hydrogens is 696 g/mol. The molecule has 2 aromatic heterocycles. The lowest BCUT2D eigenvalue weighted by molar-refractivity contribution is -0.141. The van der Waals surface area contributed by atoms with Crippen LogP contribution >= 0.6 is 0 Å². The number of nitrogens with zero attached hydrogens (tertiary/aromatic N) is 5. The van der Waals surface area contributed by atoms with E-state index in [1.807, 2.05) is 48.6 Å². The van der Waals surface area contributed by atoms with Crippen LogP contribution in [0.15, 0.2) is 36.7 Å². The second kappa shape index (κ2) is 18.0. The van der Waals surface area contributed by atoms with Crippen LogP contribution < -0.4 is 5.32 Å². The van der Waals surface area contributed by atoms with E-state index in [0.717, 1.165) is 41.0 Å². The molecule has 16 nitrogen and oxygen atoms in total. The first kappa shape index (κ1) is 39.7. The predicted octanol–water partition coefficient (Wildman–Crippen LogP) is 4.57. The standard InChI is InChI=1S/C38H50N8O8/c1-23(52-4)31(43-37(49)54-6)35(47)45-19-7-9-29(45)33-39-21-27(41-33)17-15-25-11-13-26(14-12-25)16-18-28-22-40-34(42-28)30-10-8-20-46(30)36(48)32(24(2)53-5)44(3)38(50)51/h11-18,21-24,29-32H,7-10,19-20H2,1-6H3,(H,39,41)(H,40,42)(H,43,49)(H,50,51)/b17-15+,18-16+/t23?,24-,29+,30+,31+,32+/m1/s1. The van der Waals surface area contributed by atoms with E-state index in [1.165, 1.54) is 28.4 Å². The molecule has 4 amide bonds. The molecular formula is C38H50N8O8. The van der Waals surface area contributed by atoms with Crippen molar-refractivity contribution in [1.29, 1.82) is 0 Å². The van der Waals surface area contributed by atoms with Gasteiger partial charge in [0.15, 0.2) is 0 Å². The van der Waals surface area contributed by atoms with Crippen LogP contribution in [-0.2, 0) is 23.8 Å². The molecule has 2 aliphatic heterocycles. The number of carbonyl (C=O) groups is 4. The largest absolute Gasteiger partial charge is 0.465 e. The topological polar surface area (TPSA) is 195 Å². The fraction of sp³-hybridized carbons (Fsp3) is 0.474. The number of amides is 4. The first-order valence-corrected chi connectivity index (χ1v) is 18.0. The number of aromatic nitrogens is 4. The average Bonchev–Trinajstić information content (AvgIpc) is 4.02. The van der Waals surface area contributed by atoms with Gasteiger partial charge in [0.25, 0.3) is 0 Å². The van der Waals surface area contributed by atoms with E-state index in [4.69, 9.17) is 24.2 Å². The van der Waals surface area contributed by atoms with Crippen LogP contribution in [0.1, 0.15) is 85.8 Å². The lowest BCUT2D eigenvalue weighted by Crippen LogP contribution is -2.54. The number of methoxy groups -OCH3 is 3. The van der Waals surface area contributed by atoms with E-state index < -0.39 is 36.5 Å². The van der Waals surface area contributed by atoms with Crippen LogP contribution in [-0.4, -0.2) is 130 Å². The summed E-state index contributed by atoms with van der Waals surface area (Å²) in [4.78, 5) is 71.1. The highest BCUT2D eigenvalue weighted by molar-refractivity contribution is 5.87. The van der Waals surface area contributed by atoms with Crippen molar-refractivity contribution < 1.29 is 38.5 Å². The Bertz CT molecular complexity index is 1820. The Morgan fingerprint density at radius 3 is 1.74 bits per heavy atom. The lowest BCUT2D eigenvalue weighted by Gasteiger charge is -2.34. The summed E-state index contributed by atoms with van der Waals surface area (Å²) < 4.78 is 15.4. The first-order valence-electron chi connectivity index (χ1n) is 18.0. The molecule has 0 radical (unpaired) electrons. The number of likely N-dealkylation sites (tertiary alicyclic amines) is 2. The fourth-order valence-electron chi connectivity index (χ4n) is 6.91. The molecule has 0 spiro atoms. The third-order valence-electron chi connectivity index (χ3n) is 10.1.